The Morgan fingerprint density at radius 3 is 2.75 bits per heavy atom. The van der Waals surface area contributed by atoms with Crippen LogP contribution in [-0.2, 0) is 11.2 Å². The molecule has 1 aromatic heterocycles. The first-order valence-electron chi connectivity index (χ1n) is 7.55. The van der Waals surface area contributed by atoms with Gasteiger partial charge < -0.3 is 9.84 Å². The van der Waals surface area contributed by atoms with Gasteiger partial charge in [0.1, 0.15) is 5.82 Å². The highest BCUT2D eigenvalue weighted by molar-refractivity contribution is 5.90. The number of nitrogens with zero attached hydrogens (tertiary/aromatic N) is 2. The maximum Gasteiger partial charge on any atom is 0.227 e. The molecule has 24 heavy (non-hydrogen) atoms. The van der Waals surface area contributed by atoms with E-state index < -0.39 is 0 Å². The Kier molecular flexibility index (Phi) is 4.65. The van der Waals surface area contributed by atoms with Gasteiger partial charge in [0, 0.05) is 24.1 Å². The first-order valence-corrected chi connectivity index (χ1v) is 7.55. The molecule has 0 bridgehead atoms. The number of aromatic nitrogens is 2. The van der Waals surface area contributed by atoms with Gasteiger partial charge in [0.2, 0.25) is 17.6 Å². The standard InChI is InChI=1S/C18H16FN3O2/c1-12-5-7-15(8-6-12)20-16(23)9-10-17-21-18(22-24-17)13-3-2-4-14(19)11-13/h2-8,11H,9-10H2,1H3,(H,20,23). The number of carbonyl (C=O) groups excluding carboxylic acids is 1. The summed E-state index contributed by atoms with van der Waals surface area (Å²) in [7, 11) is 0. The molecule has 0 saturated heterocycles. The van der Waals surface area contributed by atoms with Crippen molar-refractivity contribution < 1.29 is 13.7 Å². The number of anilines is 1. The lowest BCUT2D eigenvalue weighted by molar-refractivity contribution is -0.116. The molecular weight excluding hydrogens is 309 g/mol. The van der Waals surface area contributed by atoms with E-state index in [4.69, 9.17) is 4.52 Å². The van der Waals surface area contributed by atoms with Crippen molar-refractivity contribution in [2.24, 2.45) is 0 Å². The minimum atomic E-state index is -0.365. The minimum absolute atomic E-state index is 0.135. The number of benzene rings is 2. The molecule has 0 fully saturated rings. The molecule has 0 spiro atoms. The smallest absolute Gasteiger partial charge is 0.227 e. The van der Waals surface area contributed by atoms with E-state index in [0.717, 1.165) is 11.3 Å². The van der Waals surface area contributed by atoms with E-state index in [0.29, 0.717) is 23.7 Å². The van der Waals surface area contributed by atoms with Gasteiger partial charge in [-0.25, -0.2) is 4.39 Å². The average molecular weight is 325 g/mol. The van der Waals surface area contributed by atoms with Crippen LogP contribution in [-0.4, -0.2) is 16.0 Å². The third-order valence-electron chi connectivity index (χ3n) is 3.45. The van der Waals surface area contributed by atoms with E-state index in [-0.39, 0.29) is 18.1 Å². The lowest BCUT2D eigenvalue weighted by Gasteiger charge is -2.04. The zero-order valence-electron chi connectivity index (χ0n) is 13.1. The molecule has 1 heterocycles. The van der Waals surface area contributed by atoms with Gasteiger partial charge in [-0.15, -0.1) is 0 Å². The summed E-state index contributed by atoms with van der Waals surface area (Å²) in [5, 5.41) is 6.62. The molecule has 0 atom stereocenters. The van der Waals surface area contributed by atoms with E-state index in [1.807, 2.05) is 31.2 Å². The summed E-state index contributed by atoms with van der Waals surface area (Å²) in [6.45, 7) is 1.98. The lowest BCUT2D eigenvalue weighted by Crippen LogP contribution is -2.12. The molecule has 1 N–H and O–H groups in total. The van der Waals surface area contributed by atoms with Crippen LogP contribution in [0, 0.1) is 12.7 Å². The van der Waals surface area contributed by atoms with Crippen molar-refractivity contribution in [3.05, 3.63) is 65.8 Å². The second-order valence-corrected chi connectivity index (χ2v) is 5.44. The van der Waals surface area contributed by atoms with Crippen LogP contribution < -0.4 is 5.32 Å². The van der Waals surface area contributed by atoms with Gasteiger partial charge in [-0.05, 0) is 31.2 Å². The zero-order chi connectivity index (χ0) is 16.9. The summed E-state index contributed by atoms with van der Waals surface area (Å²) in [5.41, 5.74) is 2.41. The predicted octanol–water partition coefficient (Wildman–Crippen LogP) is 3.76. The molecule has 0 saturated carbocycles. The van der Waals surface area contributed by atoms with Crippen molar-refractivity contribution in [1.29, 1.82) is 0 Å². The van der Waals surface area contributed by atoms with Gasteiger partial charge in [-0.2, -0.15) is 4.98 Å². The fourth-order valence-electron chi connectivity index (χ4n) is 2.18. The minimum Gasteiger partial charge on any atom is -0.339 e. The summed E-state index contributed by atoms with van der Waals surface area (Å²) in [5.74, 6) is 0.150. The number of amides is 1. The number of hydrogen-bond donors (Lipinski definition) is 1. The van der Waals surface area contributed by atoms with Gasteiger partial charge in [-0.1, -0.05) is 35.0 Å². The molecule has 2 aromatic carbocycles. The molecule has 0 unspecified atom stereocenters. The highest BCUT2D eigenvalue weighted by Crippen LogP contribution is 2.17. The Morgan fingerprint density at radius 1 is 1.21 bits per heavy atom. The van der Waals surface area contributed by atoms with Crippen LogP contribution in [0.4, 0.5) is 10.1 Å². The normalized spacial score (nSPS) is 10.6. The van der Waals surface area contributed by atoms with Crippen molar-refractivity contribution in [2.45, 2.75) is 19.8 Å². The van der Waals surface area contributed by atoms with Crippen molar-refractivity contribution >= 4 is 11.6 Å². The lowest BCUT2D eigenvalue weighted by atomic mass is 10.2. The highest BCUT2D eigenvalue weighted by Gasteiger charge is 2.11. The molecule has 3 aromatic rings. The number of nitrogens with one attached hydrogen (secondary N) is 1. The Hall–Kier alpha value is -3.02. The van der Waals surface area contributed by atoms with Gasteiger partial charge in [0.25, 0.3) is 0 Å². The van der Waals surface area contributed by atoms with Crippen LogP contribution in [0.25, 0.3) is 11.4 Å². The summed E-state index contributed by atoms with van der Waals surface area (Å²) < 4.78 is 18.3. The maximum atomic E-state index is 13.2. The molecule has 6 heteroatoms. The van der Waals surface area contributed by atoms with Crippen molar-refractivity contribution in [2.75, 3.05) is 5.32 Å². The van der Waals surface area contributed by atoms with Crippen molar-refractivity contribution in [3.63, 3.8) is 0 Å². The van der Waals surface area contributed by atoms with Crippen molar-refractivity contribution in [3.8, 4) is 11.4 Å². The second kappa shape index (κ2) is 7.04. The summed E-state index contributed by atoms with van der Waals surface area (Å²) >= 11 is 0. The van der Waals surface area contributed by atoms with Gasteiger partial charge in [0.05, 0.1) is 0 Å². The fourth-order valence-corrected chi connectivity index (χ4v) is 2.18. The largest absolute Gasteiger partial charge is 0.339 e. The fraction of sp³-hybridized carbons (Fsp3) is 0.167. The number of carbonyl (C=O) groups is 1. The Labute approximate surface area is 138 Å². The van der Waals surface area contributed by atoms with Gasteiger partial charge in [0.15, 0.2) is 0 Å². The van der Waals surface area contributed by atoms with Crippen molar-refractivity contribution in [1.82, 2.24) is 10.1 Å². The molecule has 1 amide bonds. The number of aryl methyl sites for hydroxylation is 2. The molecule has 0 radical (unpaired) electrons. The molecule has 0 aliphatic heterocycles. The third-order valence-corrected chi connectivity index (χ3v) is 3.45. The number of hydrogen-bond acceptors (Lipinski definition) is 4. The Morgan fingerprint density at radius 2 is 2.00 bits per heavy atom. The van der Waals surface area contributed by atoms with E-state index in [1.54, 1.807) is 12.1 Å². The van der Waals surface area contributed by atoms with Crippen LogP contribution in [0.5, 0.6) is 0 Å². The molecule has 5 nitrogen and oxygen atoms in total. The van der Waals surface area contributed by atoms with E-state index in [2.05, 4.69) is 15.5 Å². The second-order valence-electron chi connectivity index (χ2n) is 5.44. The van der Waals surface area contributed by atoms with E-state index >= 15 is 0 Å². The average Bonchev–Trinajstić information content (AvgIpc) is 3.04. The first kappa shape index (κ1) is 15.9. The van der Waals surface area contributed by atoms with Gasteiger partial charge in [-0.3, -0.25) is 4.79 Å². The Bertz CT molecular complexity index is 843. The molecular formula is C18H16FN3O2. The van der Waals surface area contributed by atoms with Crippen LogP contribution in [0.3, 0.4) is 0 Å². The summed E-state index contributed by atoms with van der Waals surface area (Å²) in [4.78, 5) is 16.1. The molecule has 3 rings (SSSR count). The number of halogens is 1. The summed E-state index contributed by atoms with van der Waals surface area (Å²) in [6, 6.07) is 13.5. The van der Waals surface area contributed by atoms with Crippen LogP contribution in [0.15, 0.2) is 53.1 Å². The van der Waals surface area contributed by atoms with E-state index in [9.17, 15) is 9.18 Å². The third kappa shape index (κ3) is 4.04. The van der Waals surface area contributed by atoms with Crippen LogP contribution >= 0.6 is 0 Å². The maximum absolute atomic E-state index is 13.2. The monoisotopic (exact) mass is 325 g/mol. The number of rotatable bonds is 5. The van der Waals surface area contributed by atoms with Crippen LogP contribution in [0.1, 0.15) is 17.9 Å². The quantitative estimate of drug-likeness (QED) is 0.775. The molecule has 0 aliphatic carbocycles. The predicted molar refractivity (Wildman–Crippen MR) is 87.8 cm³/mol. The summed E-state index contributed by atoms with van der Waals surface area (Å²) in [6.07, 6.45) is 0.540. The SMILES string of the molecule is Cc1ccc(NC(=O)CCc2nc(-c3cccc(F)c3)no2)cc1. The topological polar surface area (TPSA) is 68.0 Å². The van der Waals surface area contributed by atoms with Gasteiger partial charge >= 0.3 is 0 Å². The molecule has 0 aliphatic rings. The molecule has 122 valence electrons. The zero-order valence-corrected chi connectivity index (χ0v) is 13.1. The Balaban J connectivity index is 1.57. The van der Waals surface area contributed by atoms with Crippen LogP contribution in [0.2, 0.25) is 0 Å². The van der Waals surface area contributed by atoms with E-state index in [1.165, 1.54) is 12.1 Å². The first-order chi connectivity index (χ1) is 11.6. The highest BCUT2D eigenvalue weighted by atomic mass is 19.1.